The van der Waals surface area contributed by atoms with Gasteiger partial charge >= 0.3 is 0 Å². The second kappa shape index (κ2) is 14.2. The number of hydrogen-bond donors (Lipinski definition) is 1. The summed E-state index contributed by atoms with van der Waals surface area (Å²) in [5.74, 6) is 0.102. The fourth-order valence-electron chi connectivity index (χ4n) is 3.93. The molecule has 2 unspecified atom stereocenters. The molecular weight excluding hydrogens is 552 g/mol. The van der Waals surface area contributed by atoms with Gasteiger partial charge < -0.3 is 15.0 Å². The molecule has 0 bridgehead atoms. The van der Waals surface area contributed by atoms with E-state index in [2.05, 4.69) is 28.2 Å². The zero-order chi connectivity index (χ0) is 26.8. The van der Waals surface area contributed by atoms with Crippen LogP contribution in [-0.2, 0) is 29.0 Å². The van der Waals surface area contributed by atoms with Gasteiger partial charge in [-0.15, -0.1) is 0 Å². The van der Waals surface area contributed by atoms with Crippen molar-refractivity contribution in [3.63, 3.8) is 0 Å². The first-order valence-electron chi connectivity index (χ1n) is 12.6. The lowest BCUT2D eigenvalue weighted by Crippen LogP contribution is -2.53. The Morgan fingerprint density at radius 2 is 1.70 bits per heavy atom. The Hall–Kier alpha value is -2.83. The van der Waals surface area contributed by atoms with Gasteiger partial charge in [0.15, 0.2) is 6.61 Å². The molecule has 1 N–H and O–H groups in total. The average molecular weight is 586 g/mol. The number of nitrogens with one attached hydrogen (secondary N) is 1. The number of hydrogen-bond acceptors (Lipinski definition) is 3. The van der Waals surface area contributed by atoms with E-state index in [1.54, 1.807) is 11.0 Å². The van der Waals surface area contributed by atoms with Gasteiger partial charge in [0, 0.05) is 24.0 Å². The fourth-order valence-corrected chi connectivity index (χ4v) is 4.68. The van der Waals surface area contributed by atoms with Crippen molar-refractivity contribution in [3.8, 4) is 5.75 Å². The van der Waals surface area contributed by atoms with Crippen LogP contribution in [0.25, 0.3) is 0 Å². The molecule has 2 atom stereocenters. The van der Waals surface area contributed by atoms with Gasteiger partial charge in [-0.2, -0.15) is 0 Å². The van der Waals surface area contributed by atoms with Crippen LogP contribution in [0, 0.1) is 0 Å². The molecular formula is C30H34BrClN2O3. The van der Waals surface area contributed by atoms with Gasteiger partial charge in [0.05, 0.1) is 4.47 Å². The van der Waals surface area contributed by atoms with Crippen LogP contribution in [0.3, 0.4) is 0 Å². The fraction of sp³-hybridized carbons (Fsp3) is 0.333. The summed E-state index contributed by atoms with van der Waals surface area (Å²) >= 11 is 9.78. The van der Waals surface area contributed by atoms with Gasteiger partial charge in [-0.3, -0.25) is 9.59 Å². The van der Waals surface area contributed by atoms with Crippen molar-refractivity contribution in [3.05, 3.63) is 99.0 Å². The average Bonchev–Trinajstić information content (AvgIpc) is 2.90. The van der Waals surface area contributed by atoms with Crippen molar-refractivity contribution in [1.82, 2.24) is 10.2 Å². The van der Waals surface area contributed by atoms with Gasteiger partial charge in [-0.1, -0.05) is 74.0 Å². The summed E-state index contributed by atoms with van der Waals surface area (Å²) < 4.78 is 6.72. The van der Waals surface area contributed by atoms with Crippen LogP contribution >= 0.6 is 27.5 Å². The molecule has 0 saturated carbocycles. The number of halogens is 2. The second-order valence-electron chi connectivity index (χ2n) is 9.08. The normalized spacial score (nSPS) is 12.5. The highest BCUT2D eigenvalue weighted by atomic mass is 79.9. The SMILES string of the molecule is CCc1ccc(OCC(=O)N(Cc2cccc(Cl)c2)C(Cc2ccccc2)C(=O)NC(C)CC)c(Br)c1. The van der Waals surface area contributed by atoms with Crippen LogP contribution in [0.15, 0.2) is 77.3 Å². The maximum Gasteiger partial charge on any atom is 0.261 e. The first-order valence-corrected chi connectivity index (χ1v) is 13.8. The highest BCUT2D eigenvalue weighted by molar-refractivity contribution is 9.10. The number of rotatable bonds is 12. The molecule has 5 nitrogen and oxygen atoms in total. The lowest BCUT2D eigenvalue weighted by molar-refractivity contribution is -0.143. The minimum absolute atomic E-state index is 0.0156. The number of benzene rings is 3. The summed E-state index contributed by atoms with van der Waals surface area (Å²) in [6, 6.07) is 22.2. The molecule has 3 rings (SSSR count). The predicted octanol–water partition coefficient (Wildman–Crippen LogP) is 6.60. The zero-order valence-electron chi connectivity index (χ0n) is 21.5. The highest BCUT2D eigenvalue weighted by Gasteiger charge is 2.31. The first kappa shape index (κ1) is 28.7. The molecule has 0 saturated heterocycles. The van der Waals surface area contributed by atoms with Crippen molar-refractivity contribution in [2.75, 3.05) is 6.61 Å². The largest absolute Gasteiger partial charge is 0.483 e. The number of nitrogens with zero attached hydrogens (tertiary/aromatic N) is 1. The van der Waals surface area contributed by atoms with E-state index in [0.29, 0.717) is 17.2 Å². The Morgan fingerprint density at radius 1 is 0.973 bits per heavy atom. The summed E-state index contributed by atoms with van der Waals surface area (Å²) in [7, 11) is 0. The molecule has 0 spiro atoms. The van der Waals surface area contributed by atoms with E-state index < -0.39 is 6.04 Å². The quantitative estimate of drug-likeness (QED) is 0.261. The summed E-state index contributed by atoms with van der Waals surface area (Å²) in [6.07, 6.45) is 2.07. The molecule has 3 aromatic carbocycles. The number of carbonyl (C=O) groups excluding carboxylic acids is 2. The maximum atomic E-state index is 13.7. The Labute approximate surface area is 233 Å². The Bertz CT molecular complexity index is 1190. The van der Waals surface area contributed by atoms with Gasteiger partial charge in [0.1, 0.15) is 11.8 Å². The Kier molecular flexibility index (Phi) is 11.0. The lowest BCUT2D eigenvalue weighted by Gasteiger charge is -2.32. The topological polar surface area (TPSA) is 58.6 Å². The summed E-state index contributed by atoms with van der Waals surface area (Å²) in [4.78, 5) is 28.8. The number of carbonyl (C=O) groups is 2. The van der Waals surface area contributed by atoms with Gasteiger partial charge in [0.2, 0.25) is 5.91 Å². The van der Waals surface area contributed by atoms with Crippen LogP contribution < -0.4 is 10.1 Å². The molecule has 0 radical (unpaired) electrons. The monoisotopic (exact) mass is 584 g/mol. The highest BCUT2D eigenvalue weighted by Crippen LogP contribution is 2.26. The predicted molar refractivity (Wildman–Crippen MR) is 153 cm³/mol. The summed E-state index contributed by atoms with van der Waals surface area (Å²) in [5, 5.41) is 3.64. The van der Waals surface area contributed by atoms with E-state index in [-0.39, 0.29) is 31.0 Å². The molecule has 0 aliphatic carbocycles. The minimum Gasteiger partial charge on any atom is -0.483 e. The van der Waals surface area contributed by atoms with Crippen LogP contribution in [-0.4, -0.2) is 35.4 Å². The minimum atomic E-state index is -0.725. The third-order valence-corrected chi connectivity index (χ3v) is 7.12. The smallest absolute Gasteiger partial charge is 0.261 e. The van der Waals surface area contributed by atoms with E-state index in [9.17, 15) is 9.59 Å². The molecule has 0 heterocycles. The van der Waals surface area contributed by atoms with Crippen molar-refractivity contribution in [2.24, 2.45) is 0 Å². The van der Waals surface area contributed by atoms with E-state index in [1.807, 2.05) is 80.6 Å². The zero-order valence-corrected chi connectivity index (χ0v) is 23.9. The van der Waals surface area contributed by atoms with Crippen LogP contribution in [0.5, 0.6) is 5.75 Å². The van der Waals surface area contributed by atoms with Crippen LogP contribution in [0.2, 0.25) is 5.02 Å². The molecule has 0 aromatic heterocycles. The number of ether oxygens (including phenoxy) is 1. The number of aryl methyl sites for hydroxylation is 1. The van der Waals surface area contributed by atoms with E-state index in [1.165, 1.54) is 0 Å². The summed E-state index contributed by atoms with van der Waals surface area (Å²) in [5.41, 5.74) is 2.97. The third kappa shape index (κ3) is 8.61. The standard InChI is InChI=1S/C30H34BrClN2O3/c1-4-21(3)33-30(36)27(18-23-10-7-6-8-11-23)34(19-24-12-9-13-25(32)16-24)29(35)20-37-28-15-14-22(5-2)17-26(28)31/h6-17,21,27H,4-5,18-20H2,1-3H3,(H,33,36). The van der Waals surface area contributed by atoms with Gasteiger partial charge in [-0.05, 0) is 76.7 Å². The molecule has 37 heavy (non-hydrogen) atoms. The third-order valence-electron chi connectivity index (χ3n) is 6.27. The molecule has 0 aliphatic rings. The summed E-state index contributed by atoms with van der Waals surface area (Å²) in [6.45, 7) is 6.08. The van der Waals surface area contributed by atoms with Crippen molar-refractivity contribution < 1.29 is 14.3 Å². The molecule has 3 aromatic rings. The maximum absolute atomic E-state index is 13.7. The molecule has 0 aliphatic heterocycles. The van der Waals surface area contributed by atoms with E-state index in [0.717, 1.165) is 34.0 Å². The van der Waals surface area contributed by atoms with Gasteiger partial charge in [0.25, 0.3) is 5.91 Å². The number of amides is 2. The van der Waals surface area contributed by atoms with E-state index in [4.69, 9.17) is 16.3 Å². The molecule has 0 fully saturated rings. The Balaban J connectivity index is 1.92. The van der Waals surface area contributed by atoms with Crippen molar-refractivity contribution in [2.45, 2.75) is 58.7 Å². The molecule has 7 heteroatoms. The van der Waals surface area contributed by atoms with Gasteiger partial charge in [-0.25, -0.2) is 0 Å². The van der Waals surface area contributed by atoms with Crippen molar-refractivity contribution >= 4 is 39.3 Å². The Morgan fingerprint density at radius 3 is 2.35 bits per heavy atom. The molecule has 196 valence electrons. The second-order valence-corrected chi connectivity index (χ2v) is 10.4. The first-order chi connectivity index (χ1) is 17.8. The van der Waals surface area contributed by atoms with Crippen LogP contribution in [0.1, 0.15) is 43.9 Å². The van der Waals surface area contributed by atoms with Crippen LogP contribution in [0.4, 0.5) is 0 Å². The van der Waals surface area contributed by atoms with E-state index >= 15 is 0 Å². The van der Waals surface area contributed by atoms with Crippen molar-refractivity contribution in [1.29, 1.82) is 0 Å². The molecule has 2 amide bonds. The lowest BCUT2D eigenvalue weighted by atomic mass is 10.0.